The number of benzene rings is 2. The monoisotopic (exact) mass is 525 g/mol. The number of thiophene rings is 1. The summed E-state index contributed by atoms with van der Waals surface area (Å²) in [5, 5.41) is 6.49. The summed E-state index contributed by atoms with van der Waals surface area (Å²) >= 11 is 6.50. The maximum atomic E-state index is 13.0. The van der Waals surface area contributed by atoms with Crippen LogP contribution in [0.1, 0.15) is 30.6 Å². The van der Waals surface area contributed by atoms with E-state index < -0.39 is 0 Å². The highest BCUT2D eigenvalue weighted by Crippen LogP contribution is 2.39. The van der Waals surface area contributed by atoms with Crippen molar-refractivity contribution >= 4 is 66.6 Å². The quantitative estimate of drug-likeness (QED) is 0.162. The number of fused-ring (bicyclic) bond motifs is 1. The highest BCUT2D eigenvalue weighted by atomic mass is 79.9. The van der Waals surface area contributed by atoms with Gasteiger partial charge in [0.15, 0.2) is 5.78 Å². The molecular formula is C24H20BrN3O2S2. The zero-order chi connectivity index (χ0) is 22.7. The Morgan fingerprint density at radius 3 is 2.47 bits per heavy atom. The van der Waals surface area contributed by atoms with E-state index in [1.165, 1.54) is 18.7 Å². The van der Waals surface area contributed by atoms with Crippen molar-refractivity contribution in [3.05, 3.63) is 70.3 Å². The summed E-state index contributed by atoms with van der Waals surface area (Å²) in [6.45, 7) is 3.50. The van der Waals surface area contributed by atoms with Gasteiger partial charge in [-0.1, -0.05) is 46.7 Å². The Balaban J connectivity index is 1.59. The molecule has 8 heteroatoms. The van der Waals surface area contributed by atoms with E-state index in [0.29, 0.717) is 17.7 Å². The maximum absolute atomic E-state index is 13.0. The molecular weight excluding hydrogens is 506 g/mol. The predicted molar refractivity (Wildman–Crippen MR) is 136 cm³/mol. The molecule has 1 atom stereocenters. The number of carbonyl (C=O) groups excluding carboxylic acids is 2. The number of ketones is 1. The van der Waals surface area contributed by atoms with E-state index in [0.717, 1.165) is 30.8 Å². The van der Waals surface area contributed by atoms with E-state index in [9.17, 15) is 9.59 Å². The Bertz CT molecular complexity index is 1270. The fraction of sp³-hybridized carbons (Fsp3) is 0.167. The average Bonchev–Trinajstić information content (AvgIpc) is 3.23. The van der Waals surface area contributed by atoms with Gasteiger partial charge in [0.25, 0.3) is 0 Å². The molecule has 1 N–H and O–H groups in total. The second-order valence-corrected chi connectivity index (χ2v) is 10.1. The third-order valence-corrected chi connectivity index (χ3v) is 7.75. The number of rotatable bonds is 7. The molecule has 0 aliphatic carbocycles. The van der Waals surface area contributed by atoms with Crippen molar-refractivity contribution in [2.24, 2.45) is 0 Å². The van der Waals surface area contributed by atoms with Crippen LogP contribution in [0.2, 0.25) is 0 Å². The number of Topliss-reactive ketones (excluding diaryl/α,β-unsaturated/α-hetero) is 1. The van der Waals surface area contributed by atoms with Gasteiger partial charge in [0, 0.05) is 26.7 Å². The lowest BCUT2D eigenvalue weighted by molar-refractivity contribution is -0.115. The molecule has 32 heavy (non-hydrogen) atoms. The number of halogens is 1. The molecule has 0 bridgehead atoms. The lowest BCUT2D eigenvalue weighted by Crippen LogP contribution is -2.24. The van der Waals surface area contributed by atoms with Crippen molar-refractivity contribution in [1.29, 1.82) is 0 Å². The van der Waals surface area contributed by atoms with E-state index in [2.05, 4.69) is 48.7 Å². The number of hydrogen-bond acceptors (Lipinski definition) is 6. The van der Waals surface area contributed by atoms with Crippen LogP contribution in [0, 0.1) is 0 Å². The molecule has 2 aromatic heterocycles. The molecule has 162 valence electrons. The Morgan fingerprint density at radius 1 is 1.09 bits per heavy atom. The minimum Gasteiger partial charge on any atom is -0.325 e. The molecule has 4 aromatic rings. The molecule has 0 aliphatic heterocycles. The first-order chi connectivity index (χ1) is 15.5. The topological polar surface area (TPSA) is 72.0 Å². The molecule has 1 unspecified atom stereocenters. The van der Waals surface area contributed by atoms with Gasteiger partial charge in [-0.25, -0.2) is 9.97 Å². The predicted octanol–water partition coefficient (Wildman–Crippen LogP) is 6.83. The summed E-state index contributed by atoms with van der Waals surface area (Å²) < 4.78 is 1.02. The number of nitrogens with one attached hydrogen (secondary N) is 1. The van der Waals surface area contributed by atoms with Crippen molar-refractivity contribution in [1.82, 2.24) is 9.97 Å². The standard InChI is InChI=1S/C24H20BrN3O2S2/c1-3-20(22(30)28-18-10-6-15(7-11-18)14(2)29)32-24-21-19(12-31-23(21)26-13-27-24)16-4-8-17(25)9-5-16/h4-13,20H,3H2,1-2H3,(H,28,30). The molecule has 0 fully saturated rings. The molecule has 0 radical (unpaired) electrons. The third-order valence-electron chi connectivity index (χ3n) is 4.97. The normalized spacial score (nSPS) is 12.0. The third kappa shape index (κ3) is 4.92. The van der Waals surface area contributed by atoms with Gasteiger partial charge in [-0.3, -0.25) is 9.59 Å². The van der Waals surface area contributed by atoms with Gasteiger partial charge in [0.05, 0.1) is 10.6 Å². The summed E-state index contributed by atoms with van der Waals surface area (Å²) in [6.07, 6.45) is 2.20. The van der Waals surface area contributed by atoms with E-state index >= 15 is 0 Å². The largest absolute Gasteiger partial charge is 0.325 e. The molecule has 4 rings (SSSR count). The van der Waals surface area contributed by atoms with Crippen LogP contribution in [0.5, 0.6) is 0 Å². The average molecular weight is 526 g/mol. The Labute approximate surface area is 202 Å². The van der Waals surface area contributed by atoms with Gasteiger partial charge >= 0.3 is 0 Å². The second kappa shape index (κ2) is 9.94. The SMILES string of the molecule is CCC(Sc1ncnc2scc(-c3ccc(Br)cc3)c12)C(=O)Nc1ccc(C(C)=O)cc1. The van der Waals surface area contributed by atoms with Gasteiger partial charge in [-0.2, -0.15) is 0 Å². The second-order valence-electron chi connectivity index (χ2n) is 7.15. The maximum Gasteiger partial charge on any atom is 0.237 e. The fourth-order valence-electron chi connectivity index (χ4n) is 3.25. The van der Waals surface area contributed by atoms with Crippen molar-refractivity contribution in [3.8, 4) is 11.1 Å². The first-order valence-corrected chi connectivity index (χ1v) is 12.6. The first-order valence-electron chi connectivity index (χ1n) is 10.0. The highest BCUT2D eigenvalue weighted by Gasteiger charge is 2.22. The molecule has 2 aromatic carbocycles. The Hall–Kier alpha value is -2.55. The van der Waals surface area contributed by atoms with E-state index in [1.807, 2.05) is 19.1 Å². The first kappa shape index (κ1) is 22.6. The van der Waals surface area contributed by atoms with Crippen molar-refractivity contribution in [2.75, 3.05) is 5.32 Å². The number of thioether (sulfide) groups is 1. The van der Waals surface area contributed by atoms with Gasteiger partial charge < -0.3 is 5.32 Å². The Morgan fingerprint density at radius 2 is 1.81 bits per heavy atom. The number of amides is 1. The van der Waals surface area contributed by atoms with E-state index in [4.69, 9.17) is 0 Å². The fourth-order valence-corrected chi connectivity index (χ4v) is 5.53. The summed E-state index contributed by atoms with van der Waals surface area (Å²) in [5.74, 6) is -0.102. The summed E-state index contributed by atoms with van der Waals surface area (Å²) in [5.41, 5.74) is 3.43. The van der Waals surface area contributed by atoms with Gasteiger partial charge in [-0.15, -0.1) is 11.3 Å². The molecule has 0 aliphatic rings. The molecule has 1 amide bonds. The lowest BCUT2D eigenvalue weighted by Gasteiger charge is -2.15. The number of nitrogens with zero attached hydrogens (tertiary/aromatic N) is 2. The number of anilines is 1. The molecule has 0 saturated heterocycles. The number of hydrogen-bond donors (Lipinski definition) is 1. The minimum atomic E-state index is -0.321. The van der Waals surface area contributed by atoms with Crippen molar-refractivity contribution in [3.63, 3.8) is 0 Å². The summed E-state index contributed by atoms with van der Waals surface area (Å²) in [6, 6.07) is 15.1. The van der Waals surface area contributed by atoms with Gasteiger partial charge in [0.2, 0.25) is 5.91 Å². The van der Waals surface area contributed by atoms with Crippen LogP contribution in [0.15, 0.2) is 69.7 Å². The van der Waals surface area contributed by atoms with Crippen molar-refractivity contribution in [2.45, 2.75) is 30.5 Å². The smallest absolute Gasteiger partial charge is 0.237 e. The van der Waals surface area contributed by atoms with Crippen LogP contribution < -0.4 is 5.32 Å². The zero-order valence-corrected chi connectivity index (χ0v) is 20.7. The molecule has 0 saturated carbocycles. The van der Waals surface area contributed by atoms with Gasteiger partial charge in [-0.05, 0) is 55.3 Å². The minimum absolute atomic E-state index is 0.00464. The van der Waals surface area contributed by atoms with Crippen LogP contribution in [-0.4, -0.2) is 26.9 Å². The number of aromatic nitrogens is 2. The van der Waals surface area contributed by atoms with Gasteiger partial charge in [0.1, 0.15) is 16.2 Å². The van der Waals surface area contributed by atoms with Crippen molar-refractivity contribution < 1.29 is 9.59 Å². The zero-order valence-electron chi connectivity index (χ0n) is 17.5. The Kier molecular flexibility index (Phi) is 7.03. The highest BCUT2D eigenvalue weighted by molar-refractivity contribution is 9.10. The molecule has 0 spiro atoms. The van der Waals surface area contributed by atoms with Crippen LogP contribution in [-0.2, 0) is 4.79 Å². The molecule has 2 heterocycles. The van der Waals surface area contributed by atoms with E-state index in [1.54, 1.807) is 41.9 Å². The number of carbonyl (C=O) groups is 2. The van der Waals surface area contributed by atoms with Crippen LogP contribution in [0.3, 0.4) is 0 Å². The van der Waals surface area contributed by atoms with Crippen LogP contribution in [0.25, 0.3) is 21.3 Å². The lowest BCUT2D eigenvalue weighted by atomic mass is 10.1. The molecule has 5 nitrogen and oxygen atoms in total. The van der Waals surface area contributed by atoms with E-state index in [-0.39, 0.29) is 16.9 Å². The summed E-state index contributed by atoms with van der Waals surface area (Å²) in [4.78, 5) is 34.3. The van der Waals surface area contributed by atoms with Crippen LogP contribution >= 0.6 is 39.0 Å². The summed E-state index contributed by atoms with van der Waals surface area (Å²) in [7, 11) is 0. The van der Waals surface area contributed by atoms with Crippen LogP contribution in [0.4, 0.5) is 5.69 Å².